The number of nitrogens with zero attached hydrogens (tertiary/aromatic N) is 4. The fraction of sp³-hybridized carbons (Fsp3) is 0.217. The number of fused-ring (bicyclic) bond motifs is 1. The maximum Gasteiger partial charge on any atom is 0.340 e. The number of hydrogen-bond donors (Lipinski definition) is 1. The number of methoxy groups -OCH3 is 1. The van der Waals surface area contributed by atoms with Crippen LogP contribution in [0.4, 0.5) is 5.69 Å². The molecular weight excluding hydrogens is 430 g/mol. The highest BCUT2D eigenvalue weighted by Gasteiger charge is 2.17. The van der Waals surface area contributed by atoms with Crippen molar-refractivity contribution in [3.63, 3.8) is 0 Å². The van der Waals surface area contributed by atoms with E-state index in [9.17, 15) is 9.59 Å². The summed E-state index contributed by atoms with van der Waals surface area (Å²) in [5, 5.41) is 7.39. The number of esters is 1. The molecule has 0 bridgehead atoms. The third kappa shape index (κ3) is 4.09. The average molecular weight is 452 g/mol. The lowest BCUT2D eigenvalue weighted by Gasteiger charge is -2.13. The minimum absolute atomic E-state index is 0.00364. The van der Waals surface area contributed by atoms with Gasteiger partial charge in [-0.1, -0.05) is 35.9 Å². The number of carbonyl (C=O) groups excluding carboxylic acids is 1. The number of aryl methyl sites for hydroxylation is 2. The molecule has 0 spiro atoms. The summed E-state index contributed by atoms with van der Waals surface area (Å²) < 4.78 is 8.05. The third-order valence-electron chi connectivity index (χ3n) is 5.18. The number of nitrogens with one attached hydrogen (secondary N) is 1. The van der Waals surface area contributed by atoms with Crippen LogP contribution in [-0.4, -0.2) is 39.0 Å². The Morgan fingerprint density at radius 2 is 1.91 bits per heavy atom. The predicted octanol–water partition coefficient (Wildman–Crippen LogP) is 3.83. The zero-order valence-corrected chi connectivity index (χ0v) is 18.5. The normalized spacial score (nSPS) is 11.0. The number of hydrogen-bond acceptors (Lipinski definition) is 6. The molecule has 0 atom stereocenters. The second-order valence-corrected chi connectivity index (χ2v) is 7.56. The van der Waals surface area contributed by atoms with Gasteiger partial charge in [-0.15, -0.1) is 0 Å². The van der Waals surface area contributed by atoms with Gasteiger partial charge in [0.25, 0.3) is 5.56 Å². The Hall–Kier alpha value is -3.65. The van der Waals surface area contributed by atoms with Crippen LogP contribution >= 0.6 is 11.6 Å². The first-order valence-corrected chi connectivity index (χ1v) is 10.5. The van der Waals surface area contributed by atoms with Crippen molar-refractivity contribution in [1.29, 1.82) is 0 Å². The molecule has 0 saturated carbocycles. The van der Waals surface area contributed by atoms with Gasteiger partial charge in [0, 0.05) is 13.1 Å². The largest absolute Gasteiger partial charge is 0.465 e. The van der Waals surface area contributed by atoms with Crippen molar-refractivity contribution in [2.75, 3.05) is 19.0 Å². The maximum atomic E-state index is 12.8. The molecule has 32 heavy (non-hydrogen) atoms. The van der Waals surface area contributed by atoms with Gasteiger partial charge in [0.15, 0.2) is 0 Å². The van der Waals surface area contributed by atoms with E-state index in [-0.39, 0.29) is 10.6 Å². The van der Waals surface area contributed by atoms with Crippen LogP contribution in [0, 0.1) is 6.92 Å². The van der Waals surface area contributed by atoms with E-state index in [1.54, 1.807) is 24.3 Å². The second kappa shape index (κ2) is 9.23. The van der Waals surface area contributed by atoms with Gasteiger partial charge in [0.1, 0.15) is 10.8 Å². The van der Waals surface area contributed by atoms with Crippen molar-refractivity contribution in [2.24, 2.45) is 0 Å². The molecule has 164 valence electrons. The van der Waals surface area contributed by atoms with Gasteiger partial charge in [-0.2, -0.15) is 9.78 Å². The molecule has 4 rings (SSSR count). The number of rotatable bonds is 7. The zero-order chi connectivity index (χ0) is 22.7. The molecule has 2 aromatic heterocycles. The van der Waals surface area contributed by atoms with E-state index in [2.05, 4.69) is 26.0 Å². The van der Waals surface area contributed by atoms with Crippen molar-refractivity contribution < 1.29 is 9.53 Å². The SMILES string of the molecule is COC(=O)c1ccccc1-n1ncc(NCCCn2c(C)nc3ccccc32)c(Cl)c1=O. The summed E-state index contributed by atoms with van der Waals surface area (Å²) in [6.45, 7) is 3.35. The highest BCUT2D eigenvalue weighted by molar-refractivity contribution is 6.33. The lowest BCUT2D eigenvalue weighted by molar-refractivity contribution is 0.0600. The van der Waals surface area contributed by atoms with Crippen molar-refractivity contribution >= 4 is 34.3 Å². The van der Waals surface area contributed by atoms with Crippen molar-refractivity contribution in [2.45, 2.75) is 19.9 Å². The summed E-state index contributed by atoms with van der Waals surface area (Å²) >= 11 is 6.33. The Balaban J connectivity index is 1.48. The molecule has 1 N–H and O–H groups in total. The van der Waals surface area contributed by atoms with Gasteiger partial charge in [-0.25, -0.2) is 9.78 Å². The van der Waals surface area contributed by atoms with E-state index < -0.39 is 11.5 Å². The summed E-state index contributed by atoms with van der Waals surface area (Å²) in [5.41, 5.74) is 2.52. The van der Waals surface area contributed by atoms with Gasteiger partial charge in [0.2, 0.25) is 0 Å². The van der Waals surface area contributed by atoms with E-state index in [0.29, 0.717) is 17.9 Å². The first-order valence-electron chi connectivity index (χ1n) is 10.1. The van der Waals surface area contributed by atoms with Crippen LogP contribution < -0.4 is 10.9 Å². The molecule has 0 amide bonds. The first kappa shape index (κ1) is 21.6. The highest BCUT2D eigenvalue weighted by atomic mass is 35.5. The van der Waals surface area contributed by atoms with Gasteiger partial charge in [-0.3, -0.25) is 4.79 Å². The van der Waals surface area contributed by atoms with Crippen molar-refractivity contribution in [1.82, 2.24) is 19.3 Å². The molecule has 0 saturated heterocycles. The molecule has 0 unspecified atom stereocenters. The van der Waals surface area contributed by atoms with Gasteiger partial charge in [0.05, 0.1) is 41.3 Å². The zero-order valence-electron chi connectivity index (χ0n) is 17.7. The van der Waals surface area contributed by atoms with E-state index in [1.807, 2.05) is 25.1 Å². The fourth-order valence-electron chi connectivity index (χ4n) is 3.61. The van der Waals surface area contributed by atoms with Crippen LogP contribution in [-0.2, 0) is 11.3 Å². The van der Waals surface area contributed by atoms with Gasteiger partial charge < -0.3 is 14.6 Å². The van der Waals surface area contributed by atoms with Crippen molar-refractivity contribution in [3.8, 4) is 5.69 Å². The predicted molar refractivity (Wildman–Crippen MR) is 124 cm³/mol. The van der Waals surface area contributed by atoms with Crippen LogP contribution in [0.25, 0.3) is 16.7 Å². The molecule has 0 aliphatic rings. The number of anilines is 1. The Bertz CT molecular complexity index is 1350. The van der Waals surface area contributed by atoms with E-state index in [1.165, 1.54) is 13.3 Å². The Morgan fingerprint density at radius 1 is 1.16 bits per heavy atom. The summed E-state index contributed by atoms with van der Waals surface area (Å²) in [6.07, 6.45) is 2.28. The lowest BCUT2D eigenvalue weighted by atomic mass is 10.2. The summed E-state index contributed by atoms with van der Waals surface area (Å²) in [6, 6.07) is 14.6. The number of benzene rings is 2. The molecule has 2 heterocycles. The van der Waals surface area contributed by atoms with E-state index in [4.69, 9.17) is 16.3 Å². The van der Waals surface area contributed by atoms with Crippen LogP contribution in [0.5, 0.6) is 0 Å². The molecule has 8 nitrogen and oxygen atoms in total. The topological polar surface area (TPSA) is 91.0 Å². The summed E-state index contributed by atoms with van der Waals surface area (Å²) in [4.78, 5) is 29.4. The number of imidazole rings is 1. The van der Waals surface area contributed by atoms with Gasteiger partial charge >= 0.3 is 5.97 Å². The van der Waals surface area contributed by atoms with E-state index >= 15 is 0 Å². The standard InChI is InChI=1S/C23H22ClN5O3/c1-15-27-17-9-4-6-11-20(17)28(15)13-7-12-25-18-14-26-29(22(30)21(18)24)19-10-5-3-8-16(19)23(31)32-2/h3-6,8-11,14,25H,7,12-13H2,1-2H3. The van der Waals surface area contributed by atoms with Crippen LogP contribution in [0.3, 0.4) is 0 Å². The van der Waals surface area contributed by atoms with E-state index in [0.717, 1.165) is 34.5 Å². The molecule has 9 heteroatoms. The van der Waals surface area contributed by atoms with Gasteiger partial charge in [-0.05, 0) is 37.6 Å². The molecule has 0 aliphatic heterocycles. The Morgan fingerprint density at radius 3 is 2.72 bits per heavy atom. The van der Waals surface area contributed by atoms with Crippen LogP contribution in [0.2, 0.25) is 5.02 Å². The number of para-hydroxylation sites is 3. The molecule has 0 radical (unpaired) electrons. The quantitative estimate of drug-likeness (QED) is 0.339. The van der Waals surface area contributed by atoms with Crippen LogP contribution in [0.15, 0.2) is 59.5 Å². The molecule has 4 aromatic rings. The summed E-state index contributed by atoms with van der Waals surface area (Å²) in [5.74, 6) is 0.396. The monoisotopic (exact) mass is 451 g/mol. The number of halogens is 1. The molecule has 0 fully saturated rings. The molecule has 2 aromatic carbocycles. The molecular formula is C23H22ClN5O3. The fourth-order valence-corrected chi connectivity index (χ4v) is 3.80. The van der Waals surface area contributed by atoms with Crippen molar-refractivity contribution in [3.05, 3.63) is 81.5 Å². The maximum absolute atomic E-state index is 12.8. The first-order chi connectivity index (χ1) is 15.5. The summed E-state index contributed by atoms with van der Waals surface area (Å²) in [7, 11) is 1.28. The second-order valence-electron chi connectivity index (χ2n) is 7.18. The number of carbonyl (C=O) groups is 1. The Labute approximate surface area is 189 Å². The Kier molecular flexibility index (Phi) is 6.23. The number of aromatic nitrogens is 4. The smallest absolute Gasteiger partial charge is 0.340 e. The minimum atomic E-state index is -0.560. The minimum Gasteiger partial charge on any atom is -0.465 e. The average Bonchev–Trinajstić information content (AvgIpc) is 3.14. The molecule has 0 aliphatic carbocycles. The third-order valence-corrected chi connectivity index (χ3v) is 5.54. The lowest BCUT2D eigenvalue weighted by Crippen LogP contribution is -2.25. The van der Waals surface area contributed by atoms with Crippen LogP contribution in [0.1, 0.15) is 22.6 Å². The number of ether oxygens (including phenoxy) is 1. The highest BCUT2D eigenvalue weighted by Crippen LogP contribution is 2.20.